The Labute approximate surface area is 307 Å². The number of allylic oxidation sites excluding steroid dienone is 2. The second-order valence-corrected chi connectivity index (χ2v) is 15.3. The molecule has 0 amide bonds. The molecule has 0 saturated heterocycles. The summed E-state index contributed by atoms with van der Waals surface area (Å²) in [5.41, 5.74) is 0. The molecule has 0 aliphatic rings. The van der Waals surface area contributed by atoms with Crippen molar-refractivity contribution in [3.8, 4) is 0 Å². The zero-order chi connectivity index (χ0) is 36.8. The maximum Gasteiger partial charge on any atom is 0.472 e. The minimum Gasteiger partial charge on any atom is -0.462 e. The van der Waals surface area contributed by atoms with Crippen molar-refractivity contribution in [1.82, 2.24) is 5.32 Å². The van der Waals surface area contributed by atoms with E-state index in [1.54, 1.807) is 7.05 Å². The minimum atomic E-state index is -4.34. The van der Waals surface area contributed by atoms with Gasteiger partial charge >= 0.3 is 19.8 Å². The van der Waals surface area contributed by atoms with Crippen molar-refractivity contribution in [3.05, 3.63) is 12.2 Å². The second kappa shape index (κ2) is 37.5. The van der Waals surface area contributed by atoms with Gasteiger partial charge < -0.3 is 19.7 Å². The molecule has 0 aliphatic carbocycles. The lowest BCUT2D eigenvalue weighted by Gasteiger charge is -2.20. The summed E-state index contributed by atoms with van der Waals surface area (Å²) in [7, 11) is -2.64. The van der Waals surface area contributed by atoms with Crippen LogP contribution in [0.3, 0.4) is 0 Å². The standard InChI is InChI=1S/C40H78NO8P/c1-4-6-8-10-12-14-16-17-18-19-20-21-23-25-27-29-31-33-40(43)49-38(37-48-50(44,45)47-35-34-41-3)36-46-39(42)32-30-28-26-24-22-15-13-11-9-7-5-2/h17-18,38,41H,4-16,19-37H2,1-3H3,(H,44,45)/b18-17-. The molecule has 0 heterocycles. The van der Waals surface area contributed by atoms with E-state index in [0.29, 0.717) is 19.4 Å². The first-order valence-corrected chi connectivity index (χ1v) is 22.1. The Kier molecular flexibility index (Phi) is 36.6. The summed E-state index contributed by atoms with van der Waals surface area (Å²) in [6.07, 6.45) is 35.4. The number of nitrogens with one attached hydrogen (secondary N) is 1. The van der Waals surface area contributed by atoms with Gasteiger partial charge in [0.1, 0.15) is 6.61 Å². The molecule has 50 heavy (non-hydrogen) atoms. The Balaban J connectivity index is 4.22. The molecule has 296 valence electrons. The molecule has 10 heteroatoms. The van der Waals surface area contributed by atoms with E-state index in [1.807, 2.05) is 0 Å². The summed E-state index contributed by atoms with van der Waals surface area (Å²) in [5, 5.41) is 2.82. The summed E-state index contributed by atoms with van der Waals surface area (Å²) < 4.78 is 33.1. The number of phosphoric acid groups is 1. The van der Waals surface area contributed by atoms with Gasteiger partial charge in [0.05, 0.1) is 13.2 Å². The van der Waals surface area contributed by atoms with E-state index in [1.165, 1.54) is 116 Å². The van der Waals surface area contributed by atoms with Crippen molar-refractivity contribution in [2.45, 2.75) is 200 Å². The van der Waals surface area contributed by atoms with E-state index < -0.39 is 26.5 Å². The number of phosphoric ester groups is 1. The molecule has 0 aliphatic heterocycles. The normalized spacial score (nSPS) is 13.4. The average molecular weight is 732 g/mol. The molecular weight excluding hydrogens is 653 g/mol. The van der Waals surface area contributed by atoms with Crippen LogP contribution >= 0.6 is 7.82 Å². The van der Waals surface area contributed by atoms with Crippen molar-refractivity contribution < 1.29 is 37.6 Å². The highest BCUT2D eigenvalue weighted by molar-refractivity contribution is 7.47. The molecule has 2 unspecified atom stereocenters. The summed E-state index contributed by atoms with van der Waals surface area (Å²) in [6, 6.07) is 0. The van der Waals surface area contributed by atoms with Crippen LogP contribution in [0.15, 0.2) is 12.2 Å². The van der Waals surface area contributed by atoms with Crippen molar-refractivity contribution in [3.63, 3.8) is 0 Å². The number of ether oxygens (including phenoxy) is 2. The number of hydrogen-bond acceptors (Lipinski definition) is 8. The van der Waals surface area contributed by atoms with Gasteiger partial charge in [0.2, 0.25) is 0 Å². The Bertz CT molecular complexity index is 840. The zero-order valence-corrected chi connectivity index (χ0v) is 33.5. The van der Waals surface area contributed by atoms with Crippen LogP contribution in [-0.4, -0.2) is 56.3 Å². The molecular formula is C40H78NO8P. The van der Waals surface area contributed by atoms with Crippen LogP contribution in [0.5, 0.6) is 0 Å². The van der Waals surface area contributed by atoms with Crippen LogP contribution in [0.1, 0.15) is 194 Å². The SMILES string of the molecule is CCCCCCCC/C=C\CCCCCCCCCC(=O)OC(COC(=O)CCCCCCCCCCCCC)COP(=O)(O)OCCNC. The fraction of sp³-hybridized carbons (Fsp3) is 0.900. The minimum absolute atomic E-state index is 0.0148. The third-order valence-electron chi connectivity index (χ3n) is 8.89. The number of carbonyl (C=O) groups excluding carboxylic acids is 2. The van der Waals surface area contributed by atoms with E-state index in [4.69, 9.17) is 18.5 Å². The average Bonchev–Trinajstić information content (AvgIpc) is 3.09. The van der Waals surface area contributed by atoms with Gasteiger partial charge in [0.25, 0.3) is 0 Å². The van der Waals surface area contributed by atoms with E-state index in [2.05, 4.69) is 31.3 Å². The lowest BCUT2D eigenvalue weighted by Crippen LogP contribution is -2.29. The first kappa shape index (κ1) is 48.8. The number of rotatable bonds is 39. The molecule has 9 nitrogen and oxygen atoms in total. The van der Waals surface area contributed by atoms with E-state index in [-0.39, 0.29) is 25.6 Å². The van der Waals surface area contributed by atoms with Gasteiger partial charge in [-0.1, -0.05) is 154 Å². The summed E-state index contributed by atoms with van der Waals surface area (Å²) in [5.74, 6) is -0.805. The molecule has 0 rings (SSSR count). The van der Waals surface area contributed by atoms with Crippen molar-refractivity contribution >= 4 is 19.8 Å². The number of hydrogen-bond donors (Lipinski definition) is 2. The lowest BCUT2D eigenvalue weighted by atomic mass is 10.1. The number of esters is 2. The van der Waals surface area contributed by atoms with Crippen LogP contribution < -0.4 is 5.32 Å². The molecule has 0 aromatic heterocycles. The van der Waals surface area contributed by atoms with Crippen LogP contribution in [0.25, 0.3) is 0 Å². The zero-order valence-electron chi connectivity index (χ0n) is 32.6. The third kappa shape index (κ3) is 36.5. The largest absolute Gasteiger partial charge is 0.472 e. The van der Waals surface area contributed by atoms with Crippen LogP contribution in [0.2, 0.25) is 0 Å². The summed E-state index contributed by atoms with van der Waals surface area (Å²) in [4.78, 5) is 34.9. The Morgan fingerprint density at radius 3 is 1.48 bits per heavy atom. The number of carbonyl (C=O) groups is 2. The van der Waals surface area contributed by atoms with E-state index in [9.17, 15) is 19.0 Å². The molecule has 2 N–H and O–H groups in total. The maximum absolute atomic E-state index is 12.6. The van der Waals surface area contributed by atoms with Gasteiger partial charge in [0, 0.05) is 19.4 Å². The van der Waals surface area contributed by atoms with Gasteiger partial charge in [-0.05, 0) is 45.6 Å². The molecule has 0 saturated carbocycles. The first-order chi connectivity index (χ1) is 24.3. The lowest BCUT2D eigenvalue weighted by molar-refractivity contribution is -0.161. The molecule has 0 fully saturated rings. The van der Waals surface area contributed by atoms with Crippen molar-refractivity contribution in [2.75, 3.05) is 33.4 Å². The molecule has 0 spiro atoms. The molecule has 0 radical (unpaired) electrons. The van der Waals surface area contributed by atoms with Gasteiger partial charge in [-0.3, -0.25) is 18.6 Å². The summed E-state index contributed by atoms with van der Waals surface area (Å²) in [6.45, 7) is 4.22. The van der Waals surface area contributed by atoms with Crippen LogP contribution in [0.4, 0.5) is 0 Å². The quantitative estimate of drug-likeness (QED) is 0.0275. The molecule has 0 bridgehead atoms. The monoisotopic (exact) mass is 732 g/mol. The first-order valence-electron chi connectivity index (χ1n) is 20.6. The highest BCUT2D eigenvalue weighted by Crippen LogP contribution is 2.43. The predicted molar refractivity (Wildman–Crippen MR) is 206 cm³/mol. The maximum atomic E-state index is 12.6. The Hall–Kier alpha value is -1.25. The third-order valence-corrected chi connectivity index (χ3v) is 9.87. The number of likely N-dealkylation sites (N-methyl/N-ethyl adjacent to an activating group) is 1. The van der Waals surface area contributed by atoms with Crippen molar-refractivity contribution in [1.29, 1.82) is 0 Å². The van der Waals surface area contributed by atoms with Gasteiger partial charge in [-0.15, -0.1) is 0 Å². The highest BCUT2D eigenvalue weighted by atomic mass is 31.2. The number of unbranched alkanes of at least 4 members (excludes halogenated alkanes) is 23. The van der Waals surface area contributed by atoms with Crippen LogP contribution in [0, 0.1) is 0 Å². The van der Waals surface area contributed by atoms with Gasteiger partial charge in [-0.25, -0.2) is 4.57 Å². The summed E-state index contributed by atoms with van der Waals surface area (Å²) >= 11 is 0. The van der Waals surface area contributed by atoms with E-state index in [0.717, 1.165) is 44.9 Å². The molecule has 2 atom stereocenters. The smallest absolute Gasteiger partial charge is 0.462 e. The van der Waals surface area contributed by atoms with Gasteiger partial charge in [0.15, 0.2) is 6.10 Å². The van der Waals surface area contributed by atoms with Crippen molar-refractivity contribution in [2.24, 2.45) is 0 Å². The fourth-order valence-corrected chi connectivity index (χ4v) is 6.48. The fourth-order valence-electron chi connectivity index (χ4n) is 5.72. The second-order valence-electron chi connectivity index (χ2n) is 13.8. The molecule has 0 aromatic carbocycles. The highest BCUT2D eigenvalue weighted by Gasteiger charge is 2.26. The van der Waals surface area contributed by atoms with Gasteiger partial charge in [-0.2, -0.15) is 0 Å². The van der Waals surface area contributed by atoms with E-state index >= 15 is 0 Å². The molecule has 0 aromatic rings. The topological polar surface area (TPSA) is 120 Å². The van der Waals surface area contributed by atoms with Crippen LogP contribution in [-0.2, 0) is 32.7 Å². The predicted octanol–water partition coefficient (Wildman–Crippen LogP) is 11.3. The Morgan fingerprint density at radius 2 is 1.02 bits per heavy atom. The Morgan fingerprint density at radius 1 is 0.600 bits per heavy atom.